The number of methoxy groups -OCH3 is 1. The minimum absolute atomic E-state index is 0.0676. The average Bonchev–Trinajstić information content (AvgIpc) is 3.03. The molecule has 1 fully saturated rings. The summed E-state index contributed by atoms with van der Waals surface area (Å²) in [6, 6.07) is 3.73. The summed E-state index contributed by atoms with van der Waals surface area (Å²) in [5.41, 5.74) is 2.59. The van der Waals surface area contributed by atoms with Gasteiger partial charge in [-0.25, -0.2) is 13.6 Å². The van der Waals surface area contributed by atoms with E-state index in [4.69, 9.17) is 4.74 Å². The normalized spacial score (nSPS) is 17.9. The third kappa shape index (κ3) is 3.27. The van der Waals surface area contributed by atoms with E-state index in [1.807, 2.05) is 17.5 Å². The fraction of sp³-hybridized carbons (Fsp3) is 0.412. The zero-order valence-electron chi connectivity index (χ0n) is 12.7. The van der Waals surface area contributed by atoms with Crippen LogP contribution in [-0.4, -0.2) is 24.0 Å². The molecule has 2 aromatic rings. The van der Waals surface area contributed by atoms with E-state index in [2.05, 4.69) is 4.98 Å². The minimum Gasteiger partial charge on any atom is -0.465 e. The first-order valence-electron chi connectivity index (χ1n) is 7.50. The van der Waals surface area contributed by atoms with Crippen molar-refractivity contribution in [3.63, 3.8) is 0 Å². The predicted molar refractivity (Wildman–Crippen MR) is 85.0 cm³/mol. The van der Waals surface area contributed by atoms with E-state index in [1.54, 1.807) is 12.4 Å². The van der Waals surface area contributed by atoms with Crippen molar-refractivity contribution in [3.8, 4) is 11.1 Å². The highest BCUT2D eigenvalue weighted by molar-refractivity contribution is 7.12. The summed E-state index contributed by atoms with van der Waals surface area (Å²) in [5.74, 6) is -2.87. The van der Waals surface area contributed by atoms with E-state index in [-0.39, 0.29) is 24.7 Å². The molecule has 0 bridgehead atoms. The number of pyridine rings is 1. The van der Waals surface area contributed by atoms with Crippen LogP contribution in [0.3, 0.4) is 0 Å². The van der Waals surface area contributed by atoms with Crippen molar-refractivity contribution in [1.82, 2.24) is 4.98 Å². The zero-order chi connectivity index (χ0) is 16.4. The van der Waals surface area contributed by atoms with E-state index in [0.29, 0.717) is 17.7 Å². The van der Waals surface area contributed by atoms with Gasteiger partial charge < -0.3 is 4.74 Å². The van der Waals surface area contributed by atoms with Gasteiger partial charge in [0.2, 0.25) is 5.92 Å². The van der Waals surface area contributed by atoms with Crippen LogP contribution < -0.4 is 0 Å². The third-order valence-corrected chi connectivity index (χ3v) is 5.23. The van der Waals surface area contributed by atoms with Crippen molar-refractivity contribution in [3.05, 3.63) is 40.3 Å². The highest BCUT2D eigenvalue weighted by atomic mass is 32.1. The van der Waals surface area contributed by atoms with Gasteiger partial charge in [0, 0.05) is 36.4 Å². The lowest BCUT2D eigenvalue weighted by Crippen LogP contribution is -2.23. The Labute approximate surface area is 137 Å². The third-order valence-electron chi connectivity index (χ3n) is 4.34. The molecular weight excluding hydrogens is 320 g/mol. The van der Waals surface area contributed by atoms with Gasteiger partial charge in [0.15, 0.2) is 0 Å². The van der Waals surface area contributed by atoms with Gasteiger partial charge in [0.1, 0.15) is 4.88 Å². The molecule has 1 aliphatic rings. The molecule has 3 rings (SSSR count). The zero-order valence-corrected chi connectivity index (χ0v) is 13.5. The Hall–Kier alpha value is -1.82. The number of rotatable bonds is 3. The van der Waals surface area contributed by atoms with Crippen LogP contribution in [0.2, 0.25) is 0 Å². The Bertz CT molecular complexity index is 704. The summed E-state index contributed by atoms with van der Waals surface area (Å²) in [5, 5.41) is 1.83. The number of thiophene rings is 1. The molecule has 122 valence electrons. The summed E-state index contributed by atoms with van der Waals surface area (Å²) < 4.78 is 31.6. The molecule has 0 saturated heterocycles. The van der Waals surface area contributed by atoms with E-state index in [9.17, 15) is 13.6 Å². The van der Waals surface area contributed by atoms with Gasteiger partial charge >= 0.3 is 5.97 Å². The summed E-state index contributed by atoms with van der Waals surface area (Å²) >= 11 is 1.31. The lowest BCUT2D eigenvalue weighted by atomic mass is 9.80. The Morgan fingerprint density at radius 3 is 2.74 bits per heavy atom. The SMILES string of the molecule is COC(=O)c1sccc1-c1cnccc1C1CCC(F)(F)CC1. The summed E-state index contributed by atoms with van der Waals surface area (Å²) in [6.45, 7) is 0. The lowest BCUT2D eigenvalue weighted by molar-refractivity contribution is -0.0381. The monoisotopic (exact) mass is 337 g/mol. The summed E-state index contributed by atoms with van der Waals surface area (Å²) in [4.78, 5) is 16.6. The van der Waals surface area contributed by atoms with E-state index in [1.165, 1.54) is 18.4 Å². The van der Waals surface area contributed by atoms with Crippen LogP contribution in [0.15, 0.2) is 29.9 Å². The van der Waals surface area contributed by atoms with Crippen LogP contribution in [-0.2, 0) is 4.74 Å². The smallest absolute Gasteiger partial charge is 0.348 e. The Kier molecular flexibility index (Phi) is 4.43. The molecule has 0 spiro atoms. The van der Waals surface area contributed by atoms with Crippen molar-refractivity contribution in [2.75, 3.05) is 7.11 Å². The number of aromatic nitrogens is 1. The Balaban J connectivity index is 1.96. The van der Waals surface area contributed by atoms with Crippen LogP contribution in [0.5, 0.6) is 0 Å². The topological polar surface area (TPSA) is 39.2 Å². The van der Waals surface area contributed by atoms with Crippen LogP contribution in [0.1, 0.15) is 46.8 Å². The molecule has 0 aliphatic heterocycles. The molecule has 0 unspecified atom stereocenters. The molecular formula is C17H17F2NO2S. The van der Waals surface area contributed by atoms with Gasteiger partial charge in [0.05, 0.1) is 7.11 Å². The van der Waals surface area contributed by atoms with Gasteiger partial charge in [-0.05, 0) is 41.8 Å². The number of hydrogen-bond acceptors (Lipinski definition) is 4. The van der Waals surface area contributed by atoms with Crippen LogP contribution >= 0.6 is 11.3 Å². The lowest BCUT2D eigenvalue weighted by Gasteiger charge is -2.29. The molecule has 0 atom stereocenters. The first kappa shape index (κ1) is 16.1. The van der Waals surface area contributed by atoms with Crippen LogP contribution in [0.4, 0.5) is 8.78 Å². The number of ether oxygens (including phenoxy) is 1. The van der Waals surface area contributed by atoms with Gasteiger partial charge in [-0.15, -0.1) is 11.3 Å². The van der Waals surface area contributed by atoms with Crippen molar-refractivity contribution < 1.29 is 18.3 Å². The largest absolute Gasteiger partial charge is 0.465 e. The van der Waals surface area contributed by atoms with Crippen molar-refractivity contribution in [1.29, 1.82) is 0 Å². The molecule has 23 heavy (non-hydrogen) atoms. The summed E-state index contributed by atoms with van der Waals surface area (Å²) in [7, 11) is 1.35. The predicted octanol–water partition coefficient (Wildman–Crippen LogP) is 4.89. The van der Waals surface area contributed by atoms with Gasteiger partial charge in [-0.3, -0.25) is 4.98 Å². The first-order chi connectivity index (χ1) is 11.0. The number of carbonyl (C=O) groups is 1. The fourth-order valence-electron chi connectivity index (χ4n) is 3.11. The maximum Gasteiger partial charge on any atom is 0.348 e. The van der Waals surface area contributed by atoms with Gasteiger partial charge in [0.25, 0.3) is 0 Å². The van der Waals surface area contributed by atoms with Gasteiger partial charge in [-0.2, -0.15) is 0 Å². The number of alkyl halides is 2. The molecule has 1 saturated carbocycles. The first-order valence-corrected chi connectivity index (χ1v) is 8.38. The molecule has 3 nitrogen and oxygen atoms in total. The van der Waals surface area contributed by atoms with E-state index >= 15 is 0 Å². The number of nitrogens with zero attached hydrogens (tertiary/aromatic N) is 1. The van der Waals surface area contributed by atoms with Crippen molar-refractivity contribution in [2.45, 2.75) is 37.5 Å². The van der Waals surface area contributed by atoms with Crippen molar-refractivity contribution >= 4 is 17.3 Å². The molecule has 6 heteroatoms. The van der Waals surface area contributed by atoms with E-state index in [0.717, 1.165) is 16.7 Å². The maximum atomic E-state index is 13.4. The Morgan fingerprint density at radius 1 is 1.30 bits per heavy atom. The number of esters is 1. The second kappa shape index (κ2) is 6.35. The number of hydrogen-bond donors (Lipinski definition) is 0. The highest BCUT2D eigenvalue weighted by Gasteiger charge is 2.36. The van der Waals surface area contributed by atoms with Gasteiger partial charge in [-0.1, -0.05) is 0 Å². The number of carbonyl (C=O) groups excluding carboxylic acids is 1. The molecule has 0 amide bonds. The maximum absolute atomic E-state index is 13.4. The molecule has 2 heterocycles. The molecule has 1 aliphatic carbocycles. The van der Waals surface area contributed by atoms with Crippen molar-refractivity contribution in [2.24, 2.45) is 0 Å². The quantitative estimate of drug-likeness (QED) is 0.749. The van der Waals surface area contributed by atoms with Crippen LogP contribution in [0.25, 0.3) is 11.1 Å². The second-order valence-electron chi connectivity index (χ2n) is 5.75. The number of halogens is 2. The summed E-state index contributed by atoms with van der Waals surface area (Å²) in [6.07, 6.45) is 4.09. The molecule has 0 N–H and O–H groups in total. The molecule has 0 aromatic carbocycles. The van der Waals surface area contributed by atoms with Crippen LogP contribution in [0, 0.1) is 0 Å². The molecule has 0 radical (unpaired) electrons. The fourth-order valence-corrected chi connectivity index (χ4v) is 3.93. The molecule has 2 aromatic heterocycles. The second-order valence-corrected chi connectivity index (χ2v) is 6.66. The highest BCUT2D eigenvalue weighted by Crippen LogP contribution is 2.44. The minimum atomic E-state index is -2.55. The standard InChI is InChI=1S/C17H17F2NO2S/c1-22-16(21)15-13(5-9-23-15)14-10-20-8-4-12(14)11-2-6-17(18,19)7-3-11/h4-5,8-11H,2-3,6-7H2,1H3. The van der Waals surface area contributed by atoms with E-state index < -0.39 is 5.92 Å². The average molecular weight is 337 g/mol. The Morgan fingerprint density at radius 2 is 2.04 bits per heavy atom.